The molecule has 0 saturated carbocycles. The number of likely N-dealkylation sites (N-methyl/N-ethyl adjacent to an activating group) is 1. The van der Waals surface area contributed by atoms with E-state index in [4.69, 9.17) is 10.5 Å². The SMILES string of the molecule is CNC(C)(C(N)=O)[C@@H]1CN(C(=O)CS(C)(=O)=O)c2ccccc2N(Cc2c(OC)ccc3c(Br)cccc23)C1=O. The van der Waals surface area contributed by atoms with Crippen LogP contribution in [-0.2, 0) is 30.8 Å². The third kappa shape index (κ3) is 5.43. The number of fused-ring (bicyclic) bond motifs is 2. The fraction of sp³-hybridized carbons (Fsp3) is 0.321. The fourth-order valence-corrected chi connectivity index (χ4v) is 6.16. The molecule has 0 aromatic heterocycles. The molecule has 10 nitrogen and oxygen atoms in total. The summed E-state index contributed by atoms with van der Waals surface area (Å²) >= 11 is 3.59. The van der Waals surface area contributed by atoms with E-state index in [-0.39, 0.29) is 13.1 Å². The molecule has 0 spiro atoms. The van der Waals surface area contributed by atoms with Crippen LogP contribution in [0.5, 0.6) is 5.75 Å². The van der Waals surface area contributed by atoms with E-state index in [0.717, 1.165) is 21.5 Å². The molecule has 0 saturated heterocycles. The van der Waals surface area contributed by atoms with Gasteiger partial charge < -0.3 is 25.6 Å². The number of sulfone groups is 1. The van der Waals surface area contributed by atoms with E-state index in [1.54, 1.807) is 31.4 Å². The number of methoxy groups -OCH3 is 1. The summed E-state index contributed by atoms with van der Waals surface area (Å²) in [6, 6.07) is 16.2. The summed E-state index contributed by atoms with van der Waals surface area (Å²) < 4.78 is 30.7. The van der Waals surface area contributed by atoms with Gasteiger partial charge in [0.05, 0.1) is 30.9 Å². The number of amides is 3. The smallest absolute Gasteiger partial charge is 0.242 e. The Balaban J connectivity index is 1.97. The first kappa shape index (κ1) is 29.5. The topological polar surface area (TPSA) is 139 Å². The molecular weight excluding hydrogens is 600 g/mol. The average molecular weight is 632 g/mol. The maximum Gasteiger partial charge on any atom is 0.242 e. The number of nitrogens with two attached hydrogens (primary N) is 1. The predicted octanol–water partition coefficient (Wildman–Crippen LogP) is 2.61. The first-order valence-electron chi connectivity index (χ1n) is 12.4. The third-order valence-corrected chi connectivity index (χ3v) is 8.88. The largest absolute Gasteiger partial charge is 0.496 e. The van der Waals surface area contributed by atoms with Gasteiger partial charge in [0.25, 0.3) is 0 Å². The van der Waals surface area contributed by atoms with Crippen molar-refractivity contribution in [1.29, 1.82) is 0 Å². The van der Waals surface area contributed by atoms with Crippen LogP contribution in [-0.4, -0.2) is 64.4 Å². The molecule has 0 radical (unpaired) electrons. The number of nitrogens with one attached hydrogen (secondary N) is 1. The summed E-state index contributed by atoms with van der Waals surface area (Å²) in [6.07, 6.45) is 0.968. The summed E-state index contributed by atoms with van der Waals surface area (Å²) in [4.78, 5) is 43.3. The van der Waals surface area contributed by atoms with Gasteiger partial charge in [-0.2, -0.15) is 0 Å². The molecule has 1 aliphatic rings. The molecule has 40 heavy (non-hydrogen) atoms. The van der Waals surface area contributed by atoms with E-state index < -0.39 is 44.8 Å². The highest BCUT2D eigenvalue weighted by molar-refractivity contribution is 9.10. The number of nitrogens with zero attached hydrogens (tertiary/aromatic N) is 2. The van der Waals surface area contributed by atoms with Crippen LogP contribution in [0.1, 0.15) is 12.5 Å². The molecule has 3 amide bonds. The van der Waals surface area contributed by atoms with Crippen LogP contribution in [0.25, 0.3) is 10.8 Å². The Morgan fingerprint density at radius 2 is 1.77 bits per heavy atom. The van der Waals surface area contributed by atoms with Crippen LogP contribution >= 0.6 is 15.9 Å². The van der Waals surface area contributed by atoms with Gasteiger partial charge >= 0.3 is 0 Å². The van der Waals surface area contributed by atoms with E-state index in [1.165, 1.54) is 23.8 Å². The molecule has 2 atom stereocenters. The fourth-order valence-electron chi connectivity index (χ4n) is 5.06. The molecule has 1 aliphatic heterocycles. The number of ether oxygens (including phenoxy) is 1. The summed E-state index contributed by atoms with van der Waals surface area (Å²) in [6.45, 7) is 1.27. The number of primary amides is 1. The molecule has 1 heterocycles. The van der Waals surface area contributed by atoms with Crippen LogP contribution in [0.4, 0.5) is 11.4 Å². The molecule has 4 rings (SSSR count). The molecule has 3 aromatic rings. The van der Waals surface area contributed by atoms with Crippen molar-refractivity contribution in [1.82, 2.24) is 5.32 Å². The number of carbonyl (C=O) groups is 3. The maximum absolute atomic E-state index is 14.5. The van der Waals surface area contributed by atoms with Crippen molar-refractivity contribution in [2.45, 2.75) is 19.0 Å². The predicted molar refractivity (Wildman–Crippen MR) is 158 cm³/mol. The van der Waals surface area contributed by atoms with E-state index in [0.29, 0.717) is 22.7 Å². The summed E-state index contributed by atoms with van der Waals surface area (Å²) in [5.41, 5.74) is 5.67. The second-order valence-electron chi connectivity index (χ2n) is 9.94. The first-order valence-corrected chi connectivity index (χ1v) is 15.3. The molecule has 0 bridgehead atoms. The molecule has 3 N–H and O–H groups in total. The van der Waals surface area contributed by atoms with Gasteiger partial charge in [0.2, 0.25) is 17.7 Å². The maximum atomic E-state index is 14.5. The number of benzene rings is 3. The Bertz CT molecular complexity index is 1610. The second-order valence-corrected chi connectivity index (χ2v) is 12.9. The molecular formula is C28H31BrN4O6S. The van der Waals surface area contributed by atoms with Gasteiger partial charge in [0.15, 0.2) is 9.84 Å². The van der Waals surface area contributed by atoms with Crippen molar-refractivity contribution >= 4 is 65.6 Å². The molecule has 1 unspecified atom stereocenters. The van der Waals surface area contributed by atoms with Crippen molar-refractivity contribution < 1.29 is 27.5 Å². The number of hydrogen-bond donors (Lipinski definition) is 2. The van der Waals surface area contributed by atoms with E-state index in [1.807, 2.05) is 30.3 Å². The standard InChI is InChI=1S/C28H31BrN4O6S/c1-28(31-2,27(30)36)20-15-32(25(34)16-40(4,37)38)22-10-5-6-11-23(22)33(26(20)35)14-19-17-8-7-9-21(29)18(17)12-13-24(19)39-3/h5-13,20,31H,14-16H2,1-4H3,(H2,30,36)/t20-,28?/m1/s1. The lowest BCUT2D eigenvalue weighted by Crippen LogP contribution is -2.63. The average Bonchev–Trinajstić information content (AvgIpc) is 3.02. The number of halogens is 1. The second kappa shape index (κ2) is 11.2. The van der Waals surface area contributed by atoms with Crippen molar-refractivity contribution in [2.24, 2.45) is 11.7 Å². The third-order valence-electron chi connectivity index (χ3n) is 7.42. The minimum Gasteiger partial charge on any atom is -0.496 e. The van der Waals surface area contributed by atoms with Gasteiger partial charge in [0, 0.05) is 22.8 Å². The van der Waals surface area contributed by atoms with Gasteiger partial charge in [-0.05, 0) is 55.1 Å². The number of para-hydroxylation sites is 2. The lowest BCUT2D eigenvalue weighted by atomic mass is 9.83. The Morgan fingerprint density at radius 3 is 2.38 bits per heavy atom. The zero-order chi connectivity index (χ0) is 29.4. The van der Waals surface area contributed by atoms with Gasteiger partial charge in [-0.1, -0.05) is 40.2 Å². The molecule has 0 fully saturated rings. The Kier molecular flexibility index (Phi) is 8.25. The lowest BCUT2D eigenvalue weighted by molar-refractivity contribution is -0.133. The Labute approximate surface area is 241 Å². The quantitative estimate of drug-likeness (QED) is 0.390. The number of carbonyl (C=O) groups excluding carboxylic acids is 3. The van der Waals surface area contributed by atoms with Gasteiger partial charge in [0.1, 0.15) is 17.0 Å². The highest BCUT2D eigenvalue weighted by atomic mass is 79.9. The Morgan fingerprint density at radius 1 is 1.10 bits per heavy atom. The monoisotopic (exact) mass is 630 g/mol. The zero-order valence-electron chi connectivity index (χ0n) is 22.6. The van der Waals surface area contributed by atoms with E-state index >= 15 is 0 Å². The summed E-state index contributed by atoms with van der Waals surface area (Å²) in [7, 11) is -0.643. The zero-order valence-corrected chi connectivity index (χ0v) is 25.0. The van der Waals surface area contributed by atoms with Crippen LogP contribution in [0.3, 0.4) is 0 Å². The van der Waals surface area contributed by atoms with Gasteiger partial charge in [-0.25, -0.2) is 8.42 Å². The highest BCUT2D eigenvalue weighted by Gasteiger charge is 2.49. The van der Waals surface area contributed by atoms with Gasteiger partial charge in [-0.3, -0.25) is 14.4 Å². The number of rotatable bonds is 8. The minimum atomic E-state index is -3.69. The first-order chi connectivity index (χ1) is 18.8. The van der Waals surface area contributed by atoms with Crippen molar-refractivity contribution in [3.8, 4) is 5.75 Å². The van der Waals surface area contributed by atoms with Crippen molar-refractivity contribution in [3.63, 3.8) is 0 Å². The molecule has 212 valence electrons. The van der Waals surface area contributed by atoms with Crippen LogP contribution in [0.2, 0.25) is 0 Å². The highest BCUT2D eigenvalue weighted by Crippen LogP contribution is 2.40. The van der Waals surface area contributed by atoms with Gasteiger partial charge in [-0.15, -0.1) is 0 Å². The normalized spacial score (nSPS) is 17.2. The minimum absolute atomic E-state index is 0.0377. The van der Waals surface area contributed by atoms with E-state index in [9.17, 15) is 22.8 Å². The van der Waals surface area contributed by atoms with Crippen LogP contribution in [0, 0.1) is 5.92 Å². The number of hydrogen-bond acceptors (Lipinski definition) is 7. The van der Waals surface area contributed by atoms with Crippen LogP contribution < -0.4 is 25.6 Å². The summed E-state index contributed by atoms with van der Waals surface area (Å²) in [5, 5.41) is 4.63. The Hall–Kier alpha value is -3.48. The number of anilines is 2. The van der Waals surface area contributed by atoms with E-state index in [2.05, 4.69) is 21.2 Å². The lowest BCUT2D eigenvalue weighted by Gasteiger charge is -2.36. The summed E-state index contributed by atoms with van der Waals surface area (Å²) in [5.74, 6) is -3.34. The molecule has 12 heteroatoms. The van der Waals surface area contributed by atoms with Crippen LogP contribution in [0.15, 0.2) is 59.1 Å². The van der Waals surface area contributed by atoms with Crippen molar-refractivity contribution in [3.05, 3.63) is 64.6 Å². The van der Waals surface area contributed by atoms with Crippen molar-refractivity contribution in [2.75, 3.05) is 42.5 Å². The molecule has 3 aromatic carbocycles. The molecule has 0 aliphatic carbocycles.